The van der Waals surface area contributed by atoms with E-state index in [-0.39, 0.29) is 24.0 Å². The number of likely N-dealkylation sites (N-methyl/N-ethyl adjacent to an activating group) is 1. The first-order valence-corrected chi connectivity index (χ1v) is 5.73. The molecule has 0 aliphatic heterocycles. The fraction of sp³-hybridized carbons (Fsp3) is 0.455. The molecule has 0 radical (unpaired) electrons. The van der Waals surface area contributed by atoms with Gasteiger partial charge in [-0.3, -0.25) is 4.79 Å². The number of halogens is 4. The lowest BCUT2D eigenvalue weighted by Crippen LogP contribution is -2.28. The molecule has 8 heteroatoms. The van der Waals surface area contributed by atoms with E-state index < -0.39 is 17.7 Å². The summed E-state index contributed by atoms with van der Waals surface area (Å²) in [5.41, 5.74) is -0.939. The third kappa shape index (κ3) is 4.27. The Hall–Kier alpha value is -1.50. The van der Waals surface area contributed by atoms with E-state index in [0.29, 0.717) is 6.20 Å². The van der Waals surface area contributed by atoms with Gasteiger partial charge in [0.1, 0.15) is 12.4 Å². The van der Waals surface area contributed by atoms with E-state index in [1.165, 1.54) is 11.9 Å². The molecule has 1 aromatic rings. The third-order valence-corrected chi connectivity index (χ3v) is 2.46. The van der Waals surface area contributed by atoms with Crippen LogP contribution >= 0.6 is 11.6 Å². The van der Waals surface area contributed by atoms with Gasteiger partial charge in [0.15, 0.2) is 0 Å². The highest BCUT2D eigenvalue weighted by Gasteiger charge is 2.32. The van der Waals surface area contributed by atoms with Crippen LogP contribution in [0.4, 0.5) is 19.0 Å². The molecule has 0 aromatic carbocycles. The van der Waals surface area contributed by atoms with Crippen LogP contribution in [0.5, 0.6) is 0 Å². The van der Waals surface area contributed by atoms with Gasteiger partial charge in [0.25, 0.3) is 0 Å². The van der Waals surface area contributed by atoms with Gasteiger partial charge in [0, 0.05) is 13.2 Å². The lowest BCUT2D eigenvalue weighted by molar-refractivity contribution is -0.141. The van der Waals surface area contributed by atoms with Crippen LogP contribution in [0.15, 0.2) is 12.3 Å². The molecule has 0 fully saturated rings. The standard InChI is InChI=1S/C11H12ClF3N2O2/c1-3-19-9(18)6-17(2)10-8(12)4-7(5-16-10)11(13,14)15/h4-5H,3,6H2,1-2H3. The van der Waals surface area contributed by atoms with E-state index in [0.717, 1.165) is 6.07 Å². The smallest absolute Gasteiger partial charge is 0.417 e. The normalized spacial score (nSPS) is 11.3. The number of rotatable bonds is 4. The van der Waals surface area contributed by atoms with Crippen LogP contribution in [0.2, 0.25) is 5.02 Å². The van der Waals surface area contributed by atoms with E-state index in [2.05, 4.69) is 4.98 Å². The number of nitrogens with zero attached hydrogens (tertiary/aromatic N) is 2. The summed E-state index contributed by atoms with van der Waals surface area (Å²) in [6.45, 7) is 1.73. The highest BCUT2D eigenvalue weighted by molar-refractivity contribution is 6.33. The molecule has 0 aliphatic carbocycles. The predicted octanol–water partition coefficient (Wildman–Crippen LogP) is 2.75. The van der Waals surface area contributed by atoms with Gasteiger partial charge in [-0.1, -0.05) is 11.6 Å². The number of esters is 1. The van der Waals surface area contributed by atoms with E-state index in [9.17, 15) is 18.0 Å². The highest BCUT2D eigenvalue weighted by atomic mass is 35.5. The Balaban J connectivity index is 2.87. The van der Waals surface area contributed by atoms with Crippen molar-refractivity contribution in [3.8, 4) is 0 Å². The monoisotopic (exact) mass is 296 g/mol. The fourth-order valence-electron chi connectivity index (χ4n) is 1.34. The van der Waals surface area contributed by atoms with Crippen molar-refractivity contribution < 1.29 is 22.7 Å². The lowest BCUT2D eigenvalue weighted by Gasteiger charge is -2.19. The number of anilines is 1. The van der Waals surface area contributed by atoms with Gasteiger partial charge in [-0.25, -0.2) is 4.98 Å². The van der Waals surface area contributed by atoms with E-state index >= 15 is 0 Å². The minimum absolute atomic E-state index is 0.0859. The molecule has 19 heavy (non-hydrogen) atoms. The van der Waals surface area contributed by atoms with Crippen molar-refractivity contribution >= 4 is 23.4 Å². The molecule has 0 saturated carbocycles. The molecule has 1 aromatic heterocycles. The number of aromatic nitrogens is 1. The van der Waals surface area contributed by atoms with Crippen LogP contribution in [0.25, 0.3) is 0 Å². The average Bonchev–Trinajstić information content (AvgIpc) is 2.27. The van der Waals surface area contributed by atoms with Gasteiger partial charge in [-0.2, -0.15) is 13.2 Å². The van der Waals surface area contributed by atoms with Crippen LogP contribution in [0.3, 0.4) is 0 Å². The van der Waals surface area contributed by atoms with Crippen LogP contribution in [-0.2, 0) is 15.7 Å². The Morgan fingerprint density at radius 1 is 1.53 bits per heavy atom. The third-order valence-electron chi connectivity index (χ3n) is 2.18. The summed E-state index contributed by atoms with van der Waals surface area (Å²) in [5.74, 6) is -0.425. The second kappa shape index (κ2) is 6.10. The van der Waals surface area contributed by atoms with Crippen molar-refractivity contribution in [1.29, 1.82) is 0 Å². The average molecular weight is 297 g/mol. The van der Waals surface area contributed by atoms with Crippen molar-refractivity contribution in [3.05, 3.63) is 22.8 Å². The molecule has 0 bridgehead atoms. The molecule has 1 rings (SSSR count). The van der Waals surface area contributed by atoms with Gasteiger partial charge in [-0.05, 0) is 13.0 Å². The van der Waals surface area contributed by atoms with Gasteiger partial charge >= 0.3 is 12.1 Å². The minimum Gasteiger partial charge on any atom is -0.465 e. The summed E-state index contributed by atoms with van der Waals surface area (Å²) in [7, 11) is 1.48. The molecule has 0 saturated heterocycles. The second-order valence-corrected chi connectivity index (χ2v) is 4.10. The zero-order valence-corrected chi connectivity index (χ0v) is 11.0. The maximum atomic E-state index is 12.4. The molecule has 0 unspecified atom stereocenters. The Morgan fingerprint density at radius 3 is 2.63 bits per heavy atom. The maximum absolute atomic E-state index is 12.4. The topological polar surface area (TPSA) is 42.4 Å². The number of alkyl halides is 3. The summed E-state index contributed by atoms with van der Waals surface area (Å²) >= 11 is 5.73. The second-order valence-electron chi connectivity index (χ2n) is 3.69. The quantitative estimate of drug-likeness (QED) is 0.801. The van der Waals surface area contributed by atoms with Gasteiger partial charge in [0.05, 0.1) is 17.2 Å². The molecule has 4 nitrogen and oxygen atoms in total. The van der Waals surface area contributed by atoms with Crippen LogP contribution in [0.1, 0.15) is 12.5 Å². The van der Waals surface area contributed by atoms with Gasteiger partial charge < -0.3 is 9.64 Å². The zero-order valence-electron chi connectivity index (χ0n) is 10.3. The van der Waals surface area contributed by atoms with E-state index in [1.807, 2.05) is 0 Å². The predicted molar refractivity (Wildman–Crippen MR) is 64.2 cm³/mol. The molecule has 0 N–H and O–H groups in total. The first kappa shape index (κ1) is 15.6. The summed E-state index contributed by atoms with van der Waals surface area (Å²) in [6, 6.07) is 0.769. The number of hydrogen-bond donors (Lipinski definition) is 0. The number of carbonyl (C=O) groups excluding carboxylic acids is 1. The molecule has 0 spiro atoms. The lowest BCUT2D eigenvalue weighted by atomic mass is 10.2. The largest absolute Gasteiger partial charge is 0.465 e. The zero-order chi connectivity index (χ0) is 14.6. The van der Waals surface area contributed by atoms with Gasteiger partial charge in [-0.15, -0.1) is 0 Å². The highest BCUT2D eigenvalue weighted by Crippen LogP contribution is 2.33. The molecular weight excluding hydrogens is 285 g/mol. The minimum atomic E-state index is -4.51. The summed E-state index contributed by atoms with van der Waals surface area (Å²) in [6.07, 6.45) is -3.84. The maximum Gasteiger partial charge on any atom is 0.417 e. The first-order valence-electron chi connectivity index (χ1n) is 5.35. The van der Waals surface area contributed by atoms with E-state index in [1.54, 1.807) is 6.92 Å². The van der Waals surface area contributed by atoms with E-state index in [4.69, 9.17) is 16.3 Å². The number of pyridine rings is 1. The molecule has 106 valence electrons. The van der Waals surface area contributed by atoms with Crippen molar-refractivity contribution in [2.45, 2.75) is 13.1 Å². The molecule has 0 aliphatic rings. The first-order chi connectivity index (χ1) is 8.75. The summed E-state index contributed by atoms with van der Waals surface area (Å²) in [4.78, 5) is 16.2. The SMILES string of the molecule is CCOC(=O)CN(C)c1ncc(C(F)(F)F)cc1Cl. The van der Waals surface area contributed by atoms with Crippen LogP contribution in [-0.4, -0.2) is 31.2 Å². The molecule has 0 atom stereocenters. The summed E-state index contributed by atoms with van der Waals surface area (Å²) < 4.78 is 42.0. The fourth-order valence-corrected chi connectivity index (χ4v) is 1.65. The summed E-state index contributed by atoms with van der Waals surface area (Å²) in [5, 5.41) is -0.179. The van der Waals surface area contributed by atoms with Gasteiger partial charge in [0.2, 0.25) is 0 Å². The molecule has 0 amide bonds. The number of ether oxygens (including phenoxy) is 1. The molecular formula is C11H12ClF3N2O2. The van der Waals surface area contributed by atoms with Crippen molar-refractivity contribution in [2.75, 3.05) is 25.1 Å². The number of hydrogen-bond acceptors (Lipinski definition) is 4. The number of carbonyl (C=O) groups is 1. The Labute approximate surface area is 113 Å². The Kier molecular flexibility index (Phi) is 4.99. The van der Waals surface area contributed by atoms with Crippen molar-refractivity contribution in [1.82, 2.24) is 4.98 Å². The van der Waals surface area contributed by atoms with Crippen LogP contribution in [0, 0.1) is 0 Å². The van der Waals surface area contributed by atoms with Crippen LogP contribution < -0.4 is 4.90 Å². The Bertz CT molecular complexity index is 466. The van der Waals surface area contributed by atoms with Crippen molar-refractivity contribution in [2.24, 2.45) is 0 Å². The Morgan fingerprint density at radius 2 is 2.16 bits per heavy atom. The van der Waals surface area contributed by atoms with Crippen molar-refractivity contribution in [3.63, 3.8) is 0 Å². The molecule has 1 heterocycles.